The molecule has 4 rings (SSSR count). The van der Waals surface area contributed by atoms with Crippen LogP contribution in [0.15, 0.2) is 36.5 Å². The van der Waals surface area contributed by atoms with E-state index in [2.05, 4.69) is 10.3 Å². The summed E-state index contributed by atoms with van der Waals surface area (Å²) >= 11 is 0. The van der Waals surface area contributed by atoms with Crippen LogP contribution in [-0.4, -0.2) is 51.0 Å². The Hall–Kier alpha value is -3.13. The number of likely N-dealkylation sites (tertiary alicyclic amines) is 1. The molecular formula is C22H25N3O5. The van der Waals surface area contributed by atoms with Crippen LogP contribution in [0.3, 0.4) is 0 Å². The number of carboxylic acids is 2. The highest BCUT2D eigenvalue weighted by atomic mass is 16.4. The molecule has 4 N–H and O–H groups in total. The van der Waals surface area contributed by atoms with E-state index in [-0.39, 0.29) is 5.91 Å². The highest BCUT2D eigenvalue weighted by Crippen LogP contribution is 2.33. The van der Waals surface area contributed by atoms with Crippen LogP contribution in [0.5, 0.6) is 0 Å². The minimum absolute atomic E-state index is 0.321. The number of carbonyl (C=O) groups excluding carboxylic acids is 1. The number of benzene rings is 1. The van der Waals surface area contributed by atoms with Crippen molar-refractivity contribution in [2.75, 3.05) is 18.4 Å². The van der Waals surface area contributed by atoms with Gasteiger partial charge in [-0.2, -0.15) is 0 Å². The minimum Gasteiger partial charge on any atom is -0.481 e. The number of fused-ring (bicyclic) bond motifs is 1. The Balaban J connectivity index is 1.56. The molecule has 0 spiro atoms. The largest absolute Gasteiger partial charge is 0.481 e. The van der Waals surface area contributed by atoms with Gasteiger partial charge < -0.3 is 20.5 Å². The van der Waals surface area contributed by atoms with Gasteiger partial charge in [-0.3, -0.25) is 19.3 Å². The second-order valence-electron chi connectivity index (χ2n) is 7.97. The third kappa shape index (κ3) is 3.82. The van der Waals surface area contributed by atoms with Gasteiger partial charge >= 0.3 is 11.9 Å². The van der Waals surface area contributed by atoms with Crippen LogP contribution in [0.25, 0.3) is 10.9 Å². The van der Waals surface area contributed by atoms with Gasteiger partial charge in [-0.1, -0.05) is 18.2 Å². The number of nitrogens with zero attached hydrogens (tertiary/aromatic N) is 1. The summed E-state index contributed by atoms with van der Waals surface area (Å²) in [5.41, 5.74) is 1.99. The first kappa shape index (κ1) is 20.2. The third-order valence-corrected chi connectivity index (χ3v) is 6.10. The van der Waals surface area contributed by atoms with Gasteiger partial charge in [0.15, 0.2) is 0 Å². The van der Waals surface area contributed by atoms with Gasteiger partial charge in [-0.15, -0.1) is 0 Å². The number of aromatic amines is 1. The number of hydrogen-bond donors (Lipinski definition) is 4. The van der Waals surface area contributed by atoms with Gasteiger partial charge in [0.05, 0.1) is 11.8 Å². The molecule has 0 bridgehead atoms. The topological polar surface area (TPSA) is 123 Å². The van der Waals surface area contributed by atoms with E-state index in [1.807, 2.05) is 11.0 Å². The number of aliphatic carboxylic acids is 2. The summed E-state index contributed by atoms with van der Waals surface area (Å²) in [7, 11) is 0. The lowest BCUT2D eigenvalue weighted by Gasteiger charge is -2.24. The van der Waals surface area contributed by atoms with Gasteiger partial charge in [-0.05, 0) is 50.9 Å². The predicted molar refractivity (Wildman–Crippen MR) is 111 cm³/mol. The molecule has 1 aliphatic carbocycles. The number of anilines is 1. The number of nitrogens with one attached hydrogen (secondary N) is 2. The van der Waals surface area contributed by atoms with Crippen molar-refractivity contribution in [3.63, 3.8) is 0 Å². The molecule has 8 heteroatoms. The van der Waals surface area contributed by atoms with Crippen LogP contribution in [-0.2, 0) is 14.4 Å². The molecule has 0 saturated carbocycles. The molecule has 2 aliphatic rings. The minimum atomic E-state index is -0.967. The zero-order valence-corrected chi connectivity index (χ0v) is 16.5. The Bertz CT molecular complexity index is 1010. The van der Waals surface area contributed by atoms with Crippen molar-refractivity contribution in [1.82, 2.24) is 9.88 Å². The fraction of sp³-hybridized carbons (Fsp3) is 0.409. The van der Waals surface area contributed by atoms with Crippen LogP contribution in [0.1, 0.15) is 37.3 Å². The van der Waals surface area contributed by atoms with Crippen molar-refractivity contribution in [3.8, 4) is 0 Å². The van der Waals surface area contributed by atoms with Gasteiger partial charge in [0.1, 0.15) is 6.04 Å². The molecule has 30 heavy (non-hydrogen) atoms. The van der Waals surface area contributed by atoms with Crippen molar-refractivity contribution in [1.29, 1.82) is 0 Å². The molecule has 1 aromatic heterocycles. The molecule has 2 aromatic rings. The summed E-state index contributed by atoms with van der Waals surface area (Å²) < 4.78 is 0. The van der Waals surface area contributed by atoms with Crippen molar-refractivity contribution in [2.24, 2.45) is 11.8 Å². The Morgan fingerprint density at radius 2 is 1.77 bits per heavy atom. The van der Waals surface area contributed by atoms with Crippen LogP contribution in [0.4, 0.5) is 5.69 Å². The number of aromatic nitrogens is 1. The molecule has 1 saturated heterocycles. The van der Waals surface area contributed by atoms with E-state index >= 15 is 0 Å². The van der Waals surface area contributed by atoms with Gasteiger partial charge in [0.25, 0.3) is 0 Å². The number of carbonyl (C=O) groups is 3. The molecule has 1 aliphatic heterocycles. The maximum atomic E-state index is 12.7. The fourth-order valence-electron chi connectivity index (χ4n) is 4.55. The number of rotatable bonds is 6. The maximum absolute atomic E-state index is 12.7. The van der Waals surface area contributed by atoms with Crippen molar-refractivity contribution in [3.05, 3.63) is 42.1 Å². The lowest BCUT2D eigenvalue weighted by molar-refractivity contribution is -0.146. The average molecular weight is 411 g/mol. The maximum Gasteiger partial charge on any atom is 0.325 e. The predicted octanol–water partition coefficient (Wildman–Crippen LogP) is 2.99. The number of carboxylic acid groups (broad SMARTS) is 2. The molecule has 8 nitrogen and oxygen atoms in total. The number of amides is 1. The van der Waals surface area contributed by atoms with Crippen molar-refractivity contribution in [2.45, 2.75) is 31.7 Å². The summed E-state index contributed by atoms with van der Waals surface area (Å²) in [6.45, 7) is 1.52. The van der Waals surface area contributed by atoms with Crippen molar-refractivity contribution < 1.29 is 24.6 Å². The summed E-state index contributed by atoms with van der Waals surface area (Å²) in [5.74, 6) is -3.51. The standard InChI is InChI=1S/C22H25N3O5/c26-20(15-5-1-2-6-16(15)21(27)28)24-13-7-8-14-17(12-23-18(14)11-13)19(22(29)30)25-9-3-4-10-25/h1-2,7-8,11-12,15-16,19,23H,3-6,9-10H2,(H,24,26)(H,27,28)(H,29,30). The normalized spacial score (nSPS) is 22.8. The smallest absolute Gasteiger partial charge is 0.325 e. The van der Waals surface area contributed by atoms with Gasteiger partial charge in [-0.25, -0.2) is 0 Å². The summed E-state index contributed by atoms with van der Waals surface area (Å²) in [6.07, 6.45) is 8.10. The third-order valence-electron chi connectivity index (χ3n) is 6.10. The monoisotopic (exact) mass is 411 g/mol. The lowest BCUT2D eigenvalue weighted by atomic mass is 9.82. The van der Waals surface area contributed by atoms with Crippen LogP contribution in [0, 0.1) is 11.8 Å². The van der Waals surface area contributed by atoms with Crippen LogP contribution >= 0.6 is 0 Å². The lowest BCUT2D eigenvalue weighted by Crippen LogP contribution is -2.34. The first-order chi connectivity index (χ1) is 14.5. The first-order valence-corrected chi connectivity index (χ1v) is 10.2. The van der Waals surface area contributed by atoms with Crippen LogP contribution in [0.2, 0.25) is 0 Å². The average Bonchev–Trinajstić information content (AvgIpc) is 3.38. The Labute approximate surface area is 173 Å². The molecule has 1 aromatic carbocycles. The highest BCUT2D eigenvalue weighted by Gasteiger charge is 2.34. The summed E-state index contributed by atoms with van der Waals surface area (Å²) in [5, 5.41) is 22.8. The number of allylic oxidation sites excluding steroid dienone is 2. The van der Waals surface area contributed by atoms with Crippen molar-refractivity contribution >= 4 is 34.4 Å². The second kappa shape index (κ2) is 8.31. The Kier molecular flexibility index (Phi) is 5.59. The zero-order chi connectivity index (χ0) is 21.3. The molecule has 1 fully saturated rings. The number of H-pyrrole nitrogens is 1. The Morgan fingerprint density at radius 3 is 2.43 bits per heavy atom. The van der Waals surface area contributed by atoms with Crippen LogP contribution < -0.4 is 5.32 Å². The first-order valence-electron chi connectivity index (χ1n) is 10.2. The molecule has 0 radical (unpaired) electrons. The highest BCUT2D eigenvalue weighted by molar-refractivity contribution is 5.98. The zero-order valence-electron chi connectivity index (χ0n) is 16.5. The van der Waals surface area contributed by atoms with E-state index < -0.39 is 29.8 Å². The number of hydrogen-bond acceptors (Lipinski definition) is 4. The second-order valence-corrected chi connectivity index (χ2v) is 7.97. The van der Waals surface area contributed by atoms with E-state index in [4.69, 9.17) is 0 Å². The molecule has 158 valence electrons. The quantitative estimate of drug-likeness (QED) is 0.542. The van der Waals surface area contributed by atoms with Gasteiger partial charge in [0.2, 0.25) is 5.91 Å². The van der Waals surface area contributed by atoms with Gasteiger partial charge in [0, 0.05) is 28.4 Å². The molecule has 2 heterocycles. The molecule has 1 amide bonds. The fourth-order valence-corrected chi connectivity index (χ4v) is 4.55. The van der Waals surface area contributed by atoms with E-state index in [0.717, 1.165) is 36.8 Å². The SMILES string of the molecule is O=C(O)C1CC=CCC1C(=O)Nc1ccc2c(C(C(=O)O)N3CCCC3)c[nH]c2c1. The molecular weight excluding hydrogens is 386 g/mol. The van der Waals surface area contributed by atoms with E-state index in [0.29, 0.717) is 24.1 Å². The Morgan fingerprint density at radius 1 is 1.07 bits per heavy atom. The van der Waals surface area contributed by atoms with E-state index in [1.54, 1.807) is 30.5 Å². The summed E-state index contributed by atoms with van der Waals surface area (Å²) in [4.78, 5) is 41.2. The molecule has 3 atom stereocenters. The van der Waals surface area contributed by atoms with E-state index in [1.165, 1.54) is 0 Å². The van der Waals surface area contributed by atoms with E-state index in [9.17, 15) is 24.6 Å². The summed E-state index contributed by atoms with van der Waals surface area (Å²) in [6, 6.07) is 4.59. The molecule has 3 unspecified atom stereocenters.